The molecular formula is C13H12O6. The van der Waals surface area contributed by atoms with Gasteiger partial charge in [-0.3, -0.25) is 9.59 Å². The smallest absolute Gasteiger partial charge is 0.319 e. The highest BCUT2D eigenvalue weighted by Crippen LogP contribution is 2.47. The Bertz CT molecular complexity index is 579. The highest BCUT2D eigenvalue weighted by molar-refractivity contribution is 6.10. The zero-order valence-electron chi connectivity index (χ0n) is 10.5. The first kappa shape index (κ1) is 11.8. The van der Waals surface area contributed by atoms with Crippen LogP contribution in [0, 0.1) is 0 Å². The maximum Gasteiger partial charge on any atom is 0.319 e. The molecule has 0 bridgehead atoms. The van der Waals surface area contributed by atoms with Gasteiger partial charge in [-0.15, -0.1) is 0 Å². The van der Waals surface area contributed by atoms with Gasteiger partial charge in [-0.1, -0.05) is 0 Å². The number of carbonyl (C=O) groups is 2. The van der Waals surface area contributed by atoms with E-state index in [0.29, 0.717) is 17.2 Å². The van der Waals surface area contributed by atoms with E-state index in [1.54, 1.807) is 12.1 Å². The van der Waals surface area contributed by atoms with Crippen LogP contribution in [0.15, 0.2) is 12.1 Å². The summed E-state index contributed by atoms with van der Waals surface area (Å²) in [4.78, 5) is 23.7. The van der Waals surface area contributed by atoms with Crippen molar-refractivity contribution >= 4 is 11.8 Å². The Morgan fingerprint density at radius 1 is 1.16 bits per heavy atom. The zero-order valence-corrected chi connectivity index (χ0v) is 10.5. The van der Waals surface area contributed by atoms with E-state index >= 15 is 0 Å². The van der Waals surface area contributed by atoms with Crippen LogP contribution in [0.25, 0.3) is 0 Å². The standard InChI is InChI=1S/C13H12O6/c1-16-7-5-8(17-2)11-9(6-7)18-13(12(11)15)4-3-10(14)19-13/h5-6H,3-4H2,1-2H3. The SMILES string of the molecule is COc1cc(OC)c2c(c1)OC1(CCC(=O)O1)C2=O. The predicted octanol–water partition coefficient (Wildman–Crippen LogP) is 1.31. The van der Waals surface area contributed by atoms with Gasteiger partial charge < -0.3 is 18.9 Å². The minimum atomic E-state index is -1.51. The predicted molar refractivity (Wildman–Crippen MR) is 62.6 cm³/mol. The summed E-state index contributed by atoms with van der Waals surface area (Å²) in [5.74, 6) is -1.17. The quantitative estimate of drug-likeness (QED) is 0.750. The fraction of sp³-hybridized carbons (Fsp3) is 0.385. The van der Waals surface area contributed by atoms with Crippen molar-refractivity contribution in [2.24, 2.45) is 0 Å². The van der Waals surface area contributed by atoms with Crippen LogP contribution >= 0.6 is 0 Å². The fourth-order valence-corrected chi connectivity index (χ4v) is 2.35. The lowest BCUT2D eigenvalue weighted by Gasteiger charge is -2.18. The highest BCUT2D eigenvalue weighted by atomic mass is 16.7. The Kier molecular flexibility index (Phi) is 2.41. The Labute approximate surface area is 109 Å². The van der Waals surface area contributed by atoms with E-state index in [4.69, 9.17) is 18.9 Å². The molecule has 1 atom stereocenters. The van der Waals surface area contributed by atoms with Crippen molar-refractivity contribution < 1.29 is 28.5 Å². The largest absolute Gasteiger partial charge is 0.496 e. The van der Waals surface area contributed by atoms with Crippen molar-refractivity contribution in [1.82, 2.24) is 0 Å². The van der Waals surface area contributed by atoms with Gasteiger partial charge in [0, 0.05) is 18.6 Å². The second-order valence-corrected chi connectivity index (χ2v) is 4.36. The second-order valence-electron chi connectivity index (χ2n) is 4.36. The average molecular weight is 264 g/mol. The monoisotopic (exact) mass is 264 g/mol. The van der Waals surface area contributed by atoms with E-state index in [-0.39, 0.29) is 24.2 Å². The van der Waals surface area contributed by atoms with E-state index < -0.39 is 11.8 Å². The molecule has 3 rings (SSSR count). The first-order chi connectivity index (χ1) is 9.09. The number of methoxy groups -OCH3 is 2. The number of Topliss-reactive ketones (excluding diaryl/α,β-unsaturated/α-hetero) is 1. The number of fused-ring (bicyclic) bond motifs is 1. The highest BCUT2D eigenvalue weighted by Gasteiger charge is 2.56. The van der Waals surface area contributed by atoms with Crippen LogP contribution in [0.2, 0.25) is 0 Å². The summed E-state index contributed by atoms with van der Waals surface area (Å²) in [6.45, 7) is 0. The van der Waals surface area contributed by atoms with Gasteiger partial charge in [0.15, 0.2) is 0 Å². The maximum atomic E-state index is 12.4. The normalized spacial score (nSPS) is 24.1. The minimum Gasteiger partial charge on any atom is -0.496 e. The number of rotatable bonds is 2. The summed E-state index contributed by atoms with van der Waals surface area (Å²) in [7, 11) is 2.96. The molecule has 0 amide bonds. The molecule has 0 aromatic heterocycles. The number of hydrogen-bond acceptors (Lipinski definition) is 6. The zero-order chi connectivity index (χ0) is 13.6. The van der Waals surface area contributed by atoms with Gasteiger partial charge in [0.1, 0.15) is 22.8 Å². The average Bonchev–Trinajstić information content (AvgIpc) is 2.91. The molecule has 0 saturated carbocycles. The van der Waals surface area contributed by atoms with E-state index in [1.165, 1.54) is 14.2 Å². The summed E-state index contributed by atoms with van der Waals surface area (Å²) in [6, 6.07) is 3.17. The molecule has 6 heteroatoms. The second kappa shape index (κ2) is 3.88. The molecule has 2 aliphatic rings. The molecule has 100 valence electrons. The fourth-order valence-electron chi connectivity index (χ4n) is 2.35. The van der Waals surface area contributed by atoms with Crippen LogP contribution in [0.4, 0.5) is 0 Å². The molecule has 0 aliphatic carbocycles. The van der Waals surface area contributed by atoms with Gasteiger partial charge in [0.2, 0.25) is 0 Å². The third kappa shape index (κ3) is 1.56. The van der Waals surface area contributed by atoms with Crippen LogP contribution in [-0.4, -0.2) is 31.8 Å². The van der Waals surface area contributed by atoms with Gasteiger partial charge in [-0.2, -0.15) is 0 Å². The summed E-state index contributed by atoms with van der Waals surface area (Å²) in [6.07, 6.45) is 0.379. The lowest BCUT2D eigenvalue weighted by atomic mass is 10.0. The first-order valence-corrected chi connectivity index (χ1v) is 5.81. The Morgan fingerprint density at radius 3 is 2.53 bits per heavy atom. The Morgan fingerprint density at radius 2 is 1.95 bits per heavy atom. The van der Waals surface area contributed by atoms with Crippen molar-refractivity contribution in [3.05, 3.63) is 17.7 Å². The number of carbonyl (C=O) groups excluding carboxylic acids is 2. The molecule has 1 spiro atoms. The molecule has 0 radical (unpaired) electrons. The van der Waals surface area contributed by atoms with Crippen LogP contribution in [0.5, 0.6) is 17.2 Å². The van der Waals surface area contributed by atoms with Crippen LogP contribution in [0.3, 0.4) is 0 Å². The topological polar surface area (TPSA) is 71.1 Å². The van der Waals surface area contributed by atoms with Gasteiger partial charge >= 0.3 is 11.8 Å². The molecule has 0 N–H and O–H groups in total. The molecule has 19 heavy (non-hydrogen) atoms. The number of benzene rings is 1. The summed E-state index contributed by atoms with van der Waals surface area (Å²) in [5, 5.41) is 0. The number of hydrogen-bond donors (Lipinski definition) is 0. The van der Waals surface area contributed by atoms with Gasteiger partial charge in [0.05, 0.1) is 20.6 Å². The summed E-state index contributed by atoms with van der Waals surface area (Å²) in [5.41, 5.74) is 0.290. The molecule has 2 heterocycles. The number of esters is 1. The first-order valence-electron chi connectivity index (χ1n) is 5.81. The Balaban J connectivity index is 2.10. The lowest BCUT2D eigenvalue weighted by molar-refractivity contribution is -0.162. The number of ketones is 1. The molecule has 1 aromatic rings. The van der Waals surface area contributed by atoms with Crippen molar-refractivity contribution in [1.29, 1.82) is 0 Å². The van der Waals surface area contributed by atoms with Crippen LogP contribution in [0.1, 0.15) is 23.2 Å². The molecular weight excluding hydrogens is 252 g/mol. The molecule has 1 fully saturated rings. The van der Waals surface area contributed by atoms with Crippen molar-refractivity contribution in [3.63, 3.8) is 0 Å². The van der Waals surface area contributed by atoms with E-state index in [9.17, 15) is 9.59 Å². The third-order valence-corrected chi connectivity index (χ3v) is 3.28. The van der Waals surface area contributed by atoms with E-state index in [2.05, 4.69) is 0 Å². The third-order valence-electron chi connectivity index (χ3n) is 3.28. The molecule has 1 saturated heterocycles. The van der Waals surface area contributed by atoms with Gasteiger partial charge in [0.25, 0.3) is 5.78 Å². The summed E-state index contributed by atoms with van der Waals surface area (Å²) < 4.78 is 20.9. The molecule has 1 unspecified atom stereocenters. The van der Waals surface area contributed by atoms with E-state index in [0.717, 1.165) is 0 Å². The van der Waals surface area contributed by atoms with E-state index in [1.807, 2.05) is 0 Å². The minimum absolute atomic E-state index is 0.166. The van der Waals surface area contributed by atoms with Crippen molar-refractivity contribution in [2.75, 3.05) is 14.2 Å². The lowest BCUT2D eigenvalue weighted by Crippen LogP contribution is -2.39. The molecule has 1 aromatic carbocycles. The summed E-state index contributed by atoms with van der Waals surface area (Å²) >= 11 is 0. The van der Waals surface area contributed by atoms with Crippen molar-refractivity contribution in [3.8, 4) is 17.2 Å². The molecule has 2 aliphatic heterocycles. The Hall–Kier alpha value is -2.24. The van der Waals surface area contributed by atoms with Gasteiger partial charge in [-0.25, -0.2) is 0 Å². The van der Waals surface area contributed by atoms with Crippen molar-refractivity contribution in [2.45, 2.75) is 18.6 Å². The molecule has 6 nitrogen and oxygen atoms in total. The van der Waals surface area contributed by atoms with Gasteiger partial charge in [-0.05, 0) is 0 Å². The number of ether oxygens (including phenoxy) is 4. The van der Waals surface area contributed by atoms with Crippen LogP contribution in [-0.2, 0) is 9.53 Å². The van der Waals surface area contributed by atoms with Crippen LogP contribution < -0.4 is 14.2 Å². The maximum absolute atomic E-state index is 12.4.